The summed E-state index contributed by atoms with van der Waals surface area (Å²) < 4.78 is 0. The lowest BCUT2D eigenvalue weighted by atomic mass is 9.90. The number of aryl methyl sites for hydroxylation is 2. The molecule has 1 aliphatic rings. The van der Waals surface area contributed by atoms with Crippen LogP contribution in [0.2, 0.25) is 0 Å². The Labute approximate surface area is 84.8 Å². The van der Waals surface area contributed by atoms with Gasteiger partial charge in [-0.05, 0) is 55.3 Å². The van der Waals surface area contributed by atoms with Crippen LogP contribution in [0, 0.1) is 13.8 Å². The molecule has 0 spiro atoms. The lowest BCUT2D eigenvalue weighted by Gasteiger charge is -2.31. The smallest absolute Gasteiger partial charge is 0.109 e. The van der Waals surface area contributed by atoms with Crippen molar-refractivity contribution in [3.8, 4) is 0 Å². The Morgan fingerprint density at radius 3 is 2.57 bits per heavy atom. The molecule has 0 bridgehead atoms. The summed E-state index contributed by atoms with van der Waals surface area (Å²) in [4.78, 5) is 0. The molecular formula is C12H16N2. The molecule has 14 heavy (non-hydrogen) atoms. The predicted octanol–water partition coefficient (Wildman–Crippen LogP) is 2.01. The minimum atomic E-state index is -0.442. The quantitative estimate of drug-likeness (QED) is 0.653. The van der Waals surface area contributed by atoms with Crippen molar-refractivity contribution in [3.05, 3.63) is 40.6 Å². The molecule has 2 rings (SSSR count). The number of hydrogen-bond acceptors (Lipinski definition) is 2. The first-order chi connectivity index (χ1) is 6.50. The highest BCUT2D eigenvalue weighted by Crippen LogP contribution is 2.27. The molecule has 1 aromatic carbocycles. The standard InChI is InChI=1S/C12H16N2/c1-8-6-10-4-5-14-12(3,13)11(10)7-9(8)2/h4-7,14H,13H2,1-3H3. The molecule has 0 fully saturated rings. The molecule has 74 valence electrons. The van der Waals surface area contributed by atoms with Gasteiger partial charge < -0.3 is 11.1 Å². The summed E-state index contributed by atoms with van der Waals surface area (Å²) in [7, 11) is 0. The van der Waals surface area contributed by atoms with Crippen LogP contribution in [-0.2, 0) is 5.66 Å². The maximum absolute atomic E-state index is 6.15. The third-order valence-corrected chi connectivity index (χ3v) is 2.87. The van der Waals surface area contributed by atoms with Crippen LogP contribution in [0.4, 0.5) is 0 Å². The SMILES string of the molecule is Cc1cc2c(cc1C)C(C)(N)NC=C2. The fraction of sp³-hybridized carbons (Fsp3) is 0.333. The van der Waals surface area contributed by atoms with Crippen molar-refractivity contribution in [3.63, 3.8) is 0 Å². The molecule has 3 N–H and O–H groups in total. The third kappa shape index (κ3) is 1.32. The summed E-state index contributed by atoms with van der Waals surface area (Å²) in [6, 6.07) is 4.36. The maximum Gasteiger partial charge on any atom is 0.109 e. The van der Waals surface area contributed by atoms with Crippen LogP contribution >= 0.6 is 0 Å². The fourth-order valence-corrected chi connectivity index (χ4v) is 1.81. The van der Waals surface area contributed by atoms with E-state index in [9.17, 15) is 0 Å². The van der Waals surface area contributed by atoms with Crippen LogP contribution in [0.25, 0.3) is 6.08 Å². The molecule has 0 saturated carbocycles. The van der Waals surface area contributed by atoms with Crippen molar-refractivity contribution < 1.29 is 0 Å². The molecule has 1 aromatic rings. The van der Waals surface area contributed by atoms with E-state index in [0.29, 0.717) is 0 Å². The summed E-state index contributed by atoms with van der Waals surface area (Å²) in [5.74, 6) is 0. The van der Waals surface area contributed by atoms with Gasteiger partial charge in [0.05, 0.1) is 0 Å². The van der Waals surface area contributed by atoms with E-state index >= 15 is 0 Å². The van der Waals surface area contributed by atoms with Gasteiger partial charge in [-0.3, -0.25) is 0 Å². The number of nitrogens with two attached hydrogens (primary N) is 1. The van der Waals surface area contributed by atoms with E-state index in [1.54, 1.807) is 0 Å². The van der Waals surface area contributed by atoms with E-state index in [0.717, 1.165) is 0 Å². The van der Waals surface area contributed by atoms with Crippen LogP contribution in [0.15, 0.2) is 18.3 Å². The molecule has 0 aromatic heterocycles. The van der Waals surface area contributed by atoms with Crippen LogP contribution in [0.3, 0.4) is 0 Å². The van der Waals surface area contributed by atoms with E-state index in [-0.39, 0.29) is 0 Å². The molecular weight excluding hydrogens is 172 g/mol. The minimum absolute atomic E-state index is 0.442. The van der Waals surface area contributed by atoms with Gasteiger partial charge in [0.15, 0.2) is 0 Å². The molecule has 1 aliphatic heterocycles. The number of fused-ring (bicyclic) bond motifs is 1. The summed E-state index contributed by atoms with van der Waals surface area (Å²) in [5.41, 5.74) is 10.7. The highest BCUT2D eigenvalue weighted by atomic mass is 15.1. The second-order valence-corrected chi connectivity index (χ2v) is 4.20. The molecule has 0 saturated heterocycles. The molecule has 0 amide bonds. The minimum Gasteiger partial charge on any atom is -0.370 e. The van der Waals surface area contributed by atoms with Crippen LogP contribution < -0.4 is 11.1 Å². The van der Waals surface area contributed by atoms with Crippen LogP contribution in [0.1, 0.15) is 29.2 Å². The zero-order valence-corrected chi connectivity index (χ0v) is 8.89. The Hall–Kier alpha value is -1.28. The van der Waals surface area contributed by atoms with Gasteiger partial charge in [-0.15, -0.1) is 0 Å². The molecule has 2 heteroatoms. The lowest BCUT2D eigenvalue weighted by Crippen LogP contribution is -2.47. The zero-order chi connectivity index (χ0) is 10.3. The summed E-state index contributed by atoms with van der Waals surface area (Å²) in [6.45, 7) is 6.23. The number of hydrogen-bond donors (Lipinski definition) is 2. The first kappa shape index (κ1) is 9.28. The van der Waals surface area contributed by atoms with E-state index in [4.69, 9.17) is 5.73 Å². The highest BCUT2D eigenvalue weighted by Gasteiger charge is 2.24. The molecule has 1 atom stereocenters. The van der Waals surface area contributed by atoms with Crippen molar-refractivity contribution in [2.75, 3.05) is 0 Å². The molecule has 1 unspecified atom stereocenters. The van der Waals surface area contributed by atoms with E-state index in [1.807, 2.05) is 13.1 Å². The highest BCUT2D eigenvalue weighted by molar-refractivity contribution is 5.60. The van der Waals surface area contributed by atoms with Crippen LogP contribution in [0.5, 0.6) is 0 Å². The van der Waals surface area contributed by atoms with Gasteiger partial charge in [0, 0.05) is 0 Å². The lowest BCUT2D eigenvalue weighted by molar-refractivity contribution is 0.433. The molecule has 2 nitrogen and oxygen atoms in total. The topological polar surface area (TPSA) is 38.0 Å². The van der Waals surface area contributed by atoms with Gasteiger partial charge in [-0.1, -0.05) is 12.1 Å². The van der Waals surface area contributed by atoms with E-state index in [1.165, 1.54) is 22.3 Å². The Bertz CT molecular complexity index is 403. The van der Waals surface area contributed by atoms with Gasteiger partial charge in [0.25, 0.3) is 0 Å². The fourth-order valence-electron chi connectivity index (χ4n) is 1.81. The average molecular weight is 188 g/mol. The summed E-state index contributed by atoms with van der Waals surface area (Å²) in [5, 5.41) is 3.16. The van der Waals surface area contributed by atoms with Crippen molar-refractivity contribution >= 4 is 6.08 Å². The van der Waals surface area contributed by atoms with Crippen molar-refractivity contribution in [2.45, 2.75) is 26.4 Å². The first-order valence-electron chi connectivity index (χ1n) is 4.85. The Kier molecular flexibility index (Phi) is 1.89. The second kappa shape index (κ2) is 2.85. The summed E-state index contributed by atoms with van der Waals surface area (Å²) in [6.07, 6.45) is 3.98. The van der Waals surface area contributed by atoms with Crippen molar-refractivity contribution in [1.29, 1.82) is 0 Å². The van der Waals surface area contributed by atoms with Crippen molar-refractivity contribution in [1.82, 2.24) is 5.32 Å². The predicted molar refractivity (Wildman–Crippen MR) is 59.6 cm³/mol. The van der Waals surface area contributed by atoms with Gasteiger partial charge in [0.1, 0.15) is 5.66 Å². The third-order valence-electron chi connectivity index (χ3n) is 2.87. The molecule has 0 aliphatic carbocycles. The molecule has 0 radical (unpaired) electrons. The van der Waals surface area contributed by atoms with Gasteiger partial charge in [-0.25, -0.2) is 0 Å². The average Bonchev–Trinajstić information content (AvgIpc) is 2.08. The van der Waals surface area contributed by atoms with Gasteiger partial charge in [-0.2, -0.15) is 0 Å². The second-order valence-electron chi connectivity index (χ2n) is 4.20. The number of nitrogens with one attached hydrogen (secondary N) is 1. The summed E-state index contributed by atoms with van der Waals surface area (Å²) >= 11 is 0. The largest absolute Gasteiger partial charge is 0.370 e. The Morgan fingerprint density at radius 2 is 1.86 bits per heavy atom. The molecule has 1 heterocycles. The Morgan fingerprint density at radius 1 is 1.21 bits per heavy atom. The van der Waals surface area contributed by atoms with E-state index in [2.05, 4.69) is 37.4 Å². The zero-order valence-electron chi connectivity index (χ0n) is 8.89. The normalized spacial score (nSPS) is 24.3. The van der Waals surface area contributed by atoms with Crippen LogP contribution in [-0.4, -0.2) is 0 Å². The Balaban J connectivity index is 2.66. The van der Waals surface area contributed by atoms with Gasteiger partial charge in [0.2, 0.25) is 0 Å². The number of benzene rings is 1. The first-order valence-corrected chi connectivity index (χ1v) is 4.85. The monoisotopic (exact) mass is 188 g/mol. The number of rotatable bonds is 0. The maximum atomic E-state index is 6.15. The van der Waals surface area contributed by atoms with Crippen molar-refractivity contribution in [2.24, 2.45) is 5.73 Å². The van der Waals surface area contributed by atoms with E-state index < -0.39 is 5.66 Å². The van der Waals surface area contributed by atoms with Gasteiger partial charge >= 0.3 is 0 Å².